The summed E-state index contributed by atoms with van der Waals surface area (Å²) >= 11 is 0. The van der Waals surface area contributed by atoms with Crippen molar-refractivity contribution in [3.8, 4) is 29.2 Å². The summed E-state index contributed by atoms with van der Waals surface area (Å²) in [5.41, 5.74) is 3.18. The van der Waals surface area contributed by atoms with E-state index in [1.165, 1.54) is 18.3 Å². The minimum Gasteiger partial charge on any atom is -0.481 e. The maximum absolute atomic E-state index is 15.0. The number of hydrogen-bond donors (Lipinski definition) is 4. The number of aliphatic carboxylic acids is 1. The van der Waals surface area contributed by atoms with Gasteiger partial charge in [-0.05, 0) is 37.1 Å². The number of carboxylic acid groups (broad SMARTS) is 1. The molecule has 0 saturated carbocycles. The zero-order valence-electron chi connectivity index (χ0n) is 24.1. The Morgan fingerprint density at radius 3 is 2.47 bits per heavy atom. The van der Waals surface area contributed by atoms with Crippen molar-refractivity contribution < 1.29 is 46.2 Å². The van der Waals surface area contributed by atoms with E-state index in [0.717, 1.165) is 30.5 Å². The number of carboxylic acids is 1. The highest BCUT2D eigenvalue weighted by Gasteiger charge is 2.41. The molecule has 5 N–H and O–H groups in total. The average Bonchev–Trinajstić information content (AvgIpc) is 3.46. The highest BCUT2D eigenvalue weighted by molar-refractivity contribution is 6.05. The lowest BCUT2D eigenvalue weighted by molar-refractivity contribution is -0.143. The van der Waals surface area contributed by atoms with Crippen molar-refractivity contribution in [1.29, 1.82) is 0 Å². The fourth-order valence-electron chi connectivity index (χ4n) is 4.06. The van der Waals surface area contributed by atoms with Gasteiger partial charge in [-0.1, -0.05) is 11.8 Å². The van der Waals surface area contributed by atoms with Gasteiger partial charge in [-0.15, -0.1) is 0 Å². The Hall–Kier alpha value is -6.05. The highest BCUT2D eigenvalue weighted by Crippen LogP contribution is 2.35. The molecule has 0 saturated heterocycles. The number of nitrogens with one attached hydrogen (secondary N) is 2. The molecule has 244 valence electrons. The van der Waals surface area contributed by atoms with E-state index in [2.05, 4.69) is 37.5 Å². The first kappa shape index (κ1) is 33.8. The van der Waals surface area contributed by atoms with Gasteiger partial charge in [-0.25, -0.2) is 23.4 Å². The Morgan fingerprint density at radius 1 is 1.00 bits per heavy atom. The summed E-state index contributed by atoms with van der Waals surface area (Å²) in [5, 5.41) is 16.8. The van der Waals surface area contributed by atoms with E-state index in [-0.39, 0.29) is 58.5 Å². The van der Waals surface area contributed by atoms with E-state index < -0.39 is 46.8 Å². The molecule has 17 heteroatoms. The molecule has 12 nitrogen and oxygen atoms in total. The van der Waals surface area contributed by atoms with Crippen LogP contribution in [0.25, 0.3) is 5.82 Å². The molecule has 4 aromatic rings. The number of aromatic nitrogens is 4. The zero-order valence-corrected chi connectivity index (χ0v) is 24.1. The predicted octanol–water partition coefficient (Wildman–Crippen LogP) is 4.70. The molecule has 0 bridgehead atoms. The summed E-state index contributed by atoms with van der Waals surface area (Å²) in [6, 6.07) is 6.45. The Balaban J connectivity index is 1.46. The Bertz CT molecular complexity index is 1870. The number of carbonyl (C=O) groups excluding carboxylic acids is 2. The van der Waals surface area contributed by atoms with Crippen LogP contribution < -0.4 is 21.1 Å². The largest absolute Gasteiger partial charge is 0.481 e. The molecule has 3 aromatic heterocycles. The average molecular weight is 658 g/mol. The van der Waals surface area contributed by atoms with Crippen LogP contribution in [0.3, 0.4) is 0 Å². The van der Waals surface area contributed by atoms with E-state index >= 15 is 4.39 Å². The molecule has 0 aliphatic carbocycles. The summed E-state index contributed by atoms with van der Waals surface area (Å²) in [7, 11) is 0. The van der Waals surface area contributed by atoms with Gasteiger partial charge in [0, 0.05) is 43.1 Å². The molecule has 0 radical (unpaired) electrons. The lowest BCUT2D eigenvalue weighted by Gasteiger charge is -2.13. The summed E-state index contributed by atoms with van der Waals surface area (Å²) in [6.45, 7) is -0.0833. The number of unbranched alkanes of at least 4 members (excludes halogenated alkanes) is 1. The first-order chi connectivity index (χ1) is 22.3. The van der Waals surface area contributed by atoms with Gasteiger partial charge >= 0.3 is 12.1 Å². The Kier molecular flexibility index (Phi) is 10.7. The maximum Gasteiger partial charge on any atom is 0.434 e. The fourth-order valence-corrected chi connectivity index (χ4v) is 4.06. The minimum atomic E-state index is -5.14. The molecular weight excluding hydrogens is 633 g/mol. The number of rotatable bonds is 11. The Labute approximate surface area is 262 Å². The number of halogens is 5. The highest BCUT2D eigenvalue weighted by atomic mass is 19.4. The second-order valence-electron chi connectivity index (χ2n) is 9.58. The number of pyridine rings is 2. The van der Waals surface area contributed by atoms with Gasteiger partial charge in [0.05, 0.1) is 18.3 Å². The third-order valence-electron chi connectivity index (χ3n) is 6.21. The number of anilines is 2. The van der Waals surface area contributed by atoms with Crippen LogP contribution in [0.1, 0.15) is 47.3 Å². The van der Waals surface area contributed by atoms with Crippen molar-refractivity contribution in [3.05, 3.63) is 83.4 Å². The predicted molar refractivity (Wildman–Crippen MR) is 155 cm³/mol. The van der Waals surface area contributed by atoms with Crippen molar-refractivity contribution in [1.82, 2.24) is 25.1 Å². The van der Waals surface area contributed by atoms with Crippen LogP contribution in [0.2, 0.25) is 0 Å². The van der Waals surface area contributed by atoms with Crippen LogP contribution in [-0.4, -0.2) is 49.2 Å². The number of alkyl halides is 3. The molecule has 4 rings (SSSR count). The number of nitrogen functional groups attached to an aromatic ring is 1. The van der Waals surface area contributed by atoms with E-state index in [1.807, 2.05) is 0 Å². The molecule has 47 heavy (non-hydrogen) atoms. The maximum atomic E-state index is 15.0. The number of nitrogens with two attached hydrogens (primary N) is 1. The van der Waals surface area contributed by atoms with Crippen molar-refractivity contribution in [2.45, 2.75) is 31.9 Å². The normalized spacial score (nSPS) is 10.9. The van der Waals surface area contributed by atoms with Gasteiger partial charge in [-0.2, -0.15) is 18.3 Å². The van der Waals surface area contributed by atoms with Gasteiger partial charge in [0.25, 0.3) is 5.91 Å². The lowest BCUT2D eigenvalue weighted by atomic mass is 10.2. The van der Waals surface area contributed by atoms with E-state index in [9.17, 15) is 31.9 Å². The van der Waals surface area contributed by atoms with Gasteiger partial charge in [0.2, 0.25) is 5.91 Å². The SMILES string of the molecule is Nc1nccc(Oc2ccc(NC(=O)c3cnn(-c4ncccc4F)c3C(F)(F)F)cc2F)c1C#CCNC(=O)CCCCC(=O)O. The van der Waals surface area contributed by atoms with Crippen LogP contribution in [-0.2, 0) is 15.8 Å². The third kappa shape index (κ3) is 8.78. The van der Waals surface area contributed by atoms with Crippen molar-refractivity contribution in [2.75, 3.05) is 17.6 Å². The molecule has 0 unspecified atom stereocenters. The van der Waals surface area contributed by atoms with E-state index in [4.69, 9.17) is 15.6 Å². The number of amides is 2. The fraction of sp³-hybridized carbons (Fsp3) is 0.200. The molecule has 0 aliphatic rings. The molecule has 0 atom stereocenters. The minimum absolute atomic E-state index is 0.00957. The molecular formula is C30H24F5N7O5. The second-order valence-corrected chi connectivity index (χ2v) is 9.58. The van der Waals surface area contributed by atoms with E-state index in [1.54, 1.807) is 0 Å². The van der Waals surface area contributed by atoms with Crippen LogP contribution >= 0.6 is 0 Å². The first-order valence-corrected chi connectivity index (χ1v) is 13.6. The first-order valence-electron chi connectivity index (χ1n) is 13.6. The van der Waals surface area contributed by atoms with Gasteiger partial charge in [0.15, 0.2) is 28.9 Å². The van der Waals surface area contributed by atoms with Crippen molar-refractivity contribution in [3.63, 3.8) is 0 Å². The molecule has 0 aliphatic heterocycles. The molecule has 0 fully saturated rings. The molecule has 1 aromatic carbocycles. The topological polar surface area (TPSA) is 174 Å². The van der Waals surface area contributed by atoms with Gasteiger partial charge in [0.1, 0.15) is 17.1 Å². The number of carbonyl (C=O) groups is 3. The molecule has 2 amide bonds. The Morgan fingerprint density at radius 2 is 1.77 bits per heavy atom. The van der Waals surface area contributed by atoms with Crippen molar-refractivity contribution >= 4 is 29.3 Å². The zero-order chi connectivity index (χ0) is 34.1. The summed E-state index contributed by atoms with van der Waals surface area (Å²) in [6.07, 6.45) is -1.41. The quantitative estimate of drug-likeness (QED) is 0.101. The standard InChI is InChI=1S/C30H24F5N7O5/c31-20-6-4-13-39-28(20)42-26(30(33,34)35)19(16-40-42)29(46)41-17-9-10-23(21(32)15-17)47-22-11-14-38-27(36)18(22)5-3-12-37-24(43)7-1-2-8-25(44)45/h4,6,9-11,13-16H,1-2,7-8,12H2,(H2,36,38)(H,37,43)(H,41,46)(H,44,45). The smallest absolute Gasteiger partial charge is 0.434 e. The summed E-state index contributed by atoms with van der Waals surface area (Å²) in [4.78, 5) is 42.7. The van der Waals surface area contributed by atoms with Crippen LogP contribution in [0.5, 0.6) is 11.5 Å². The van der Waals surface area contributed by atoms with Crippen LogP contribution in [0.4, 0.5) is 33.5 Å². The van der Waals surface area contributed by atoms with Crippen LogP contribution in [0.15, 0.2) is 55.0 Å². The number of nitrogens with zero attached hydrogens (tertiary/aromatic N) is 4. The summed E-state index contributed by atoms with van der Waals surface area (Å²) in [5.74, 6) is -0.566. The second kappa shape index (κ2) is 14.8. The monoisotopic (exact) mass is 657 g/mol. The van der Waals surface area contributed by atoms with E-state index in [0.29, 0.717) is 19.0 Å². The van der Waals surface area contributed by atoms with Crippen LogP contribution in [0, 0.1) is 23.5 Å². The molecule has 0 spiro atoms. The number of ether oxygens (including phenoxy) is 1. The van der Waals surface area contributed by atoms with Gasteiger partial charge < -0.3 is 26.2 Å². The van der Waals surface area contributed by atoms with Crippen molar-refractivity contribution in [2.24, 2.45) is 0 Å². The lowest BCUT2D eigenvalue weighted by Crippen LogP contribution is -2.23. The summed E-state index contributed by atoms with van der Waals surface area (Å²) < 4.78 is 76.8. The third-order valence-corrected chi connectivity index (χ3v) is 6.21. The molecule has 3 heterocycles. The number of benzene rings is 1. The van der Waals surface area contributed by atoms with Gasteiger partial charge in [-0.3, -0.25) is 14.4 Å². The number of hydrogen-bond acceptors (Lipinski definition) is 8.